The highest BCUT2D eigenvalue weighted by Gasteiger charge is 2.02. The van der Waals surface area contributed by atoms with Crippen LogP contribution in [0.3, 0.4) is 0 Å². The Kier molecular flexibility index (Phi) is 5.11. The summed E-state index contributed by atoms with van der Waals surface area (Å²) in [4.78, 5) is 2.10. The number of nitrogens with one attached hydrogen (secondary N) is 1. The second-order valence-electron chi connectivity index (χ2n) is 3.28. The summed E-state index contributed by atoms with van der Waals surface area (Å²) in [6, 6.07) is 0.259. The summed E-state index contributed by atoms with van der Waals surface area (Å²) < 4.78 is 0. The van der Waals surface area contributed by atoms with E-state index in [0.29, 0.717) is 0 Å². The lowest BCUT2D eigenvalue weighted by Crippen LogP contribution is -2.41. The van der Waals surface area contributed by atoms with Crippen molar-refractivity contribution < 1.29 is 0 Å². The van der Waals surface area contributed by atoms with Crippen molar-refractivity contribution in [3.05, 3.63) is 11.6 Å². The molecule has 3 nitrogen and oxygen atoms in total. The lowest BCUT2D eigenvalue weighted by atomic mass is 10.2. The van der Waals surface area contributed by atoms with Gasteiger partial charge in [-0.2, -0.15) is 0 Å². The summed E-state index contributed by atoms with van der Waals surface area (Å²) in [6.07, 6.45) is 2.12. The molecule has 0 heterocycles. The molecule has 0 rings (SSSR count). The summed E-state index contributed by atoms with van der Waals surface area (Å²) >= 11 is 0. The topological polar surface area (TPSA) is 41.3 Å². The van der Waals surface area contributed by atoms with Crippen molar-refractivity contribution in [3.63, 3.8) is 0 Å². The zero-order chi connectivity index (χ0) is 8.85. The largest absolute Gasteiger partial charge is 0.307 e. The van der Waals surface area contributed by atoms with Crippen molar-refractivity contribution >= 4 is 0 Å². The van der Waals surface area contributed by atoms with E-state index in [0.717, 1.165) is 6.54 Å². The second-order valence-corrected chi connectivity index (χ2v) is 3.28. The molecular weight excluding hydrogens is 138 g/mol. The van der Waals surface area contributed by atoms with Gasteiger partial charge in [-0.15, -0.1) is 0 Å². The monoisotopic (exact) mass is 157 g/mol. The zero-order valence-electron chi connectivity index (χ0n) is 7.89. The third-order valence-electron chi connectivity index (χ3n) is 1.31. The van der Waals surface area contributed by atoms with E-state index in [1.807, 2.05) is 14.1 Å². The number of hydrazine groups is 1. The first-order chi connectivity index (χ1) is 5.06. The number of hydrogen-bond donors (Lipinski definition) is 2. The minimum absolute atomic E-state index is 0.259. The molecule has 3 N–H and O–H groups in total. The molecule has 0 spiro atoms. The van der Waals surface area contributed by atoms with Gasteiger partial charge >= 0.3 is 0 Å². The van der Waals surface area contributed by atoms with Crippen LogP contribution in [0.1, 0.15) is 13.8 Å². The van der Waals surface area contributed by atoms with Crippen LogP contribution in [0.25, 0.3) is 0 Å². The predicted octanol–water partition coefficient (Wildman–Crippen LogP) is 0.346. The Morgan fingerprint density at radius 1 is 1.55 bits per heavy atom. The summed E-state index contributed by atoms with van der Waals surface area (Å²) in [5.74, 6) is 5.35. The molecular formula is C8H19N3. The van der Waals surface area contributed by atoms with Gasteiger partial charge in [-0.05, 0) is 27.9 Å². The third kappa shape index (κ3) is 6.04. The van der Waals surface area contributed by atoms with Crippen LogP contribution in [0.2, 0.25) is 0 Å². The Bertz CT molecular complexity index is 125. The fourth-order valence-corrected chi connectivity index (χ4v) is 0.949. The van der Waals surface area contributed by atoms with Crippen LogP contribution in [0.4, 0.5) is 0 Å². The molecule has 1 unspecified atom stereocenters. The average Bonchev–Trinajstić information content (AvgIpc) is 1.84. The van der Waals surface area contributed by atoms with Gasteiger partial charge in [0.15, 0.2) is 0 Å². The maximum Gasteiger partial charge on any atom is 0.0519 e. The maximum absolute atomic E-state index is 5.35. The minimum atomic E-state index is 0.259. The average molecular weight is 157 g/mol. The SMILES string of the molecule is CC(C)=CC(CN(C)C)NN. The molecule has 0 fully saturated rings. The molecule has 0 amide bonds. The Labute approximate surface area is 69.2 Å². The second kappa shape index (κ2) is 5.29. The molecule has 1 atom stereocenters. The number of nitrogens with zero attached hydrogens (tertiary/aromatic N) is 1. The van der Waals surface area contributed by atoms with Crippen molar-refractivity contribution in [1.29, 1.82) is 0 Å². The summed E-state index contributed by atoms with van der Waals surface area (Å²) in [7, 11) is 4.06. The first-order valence-corrected chi connectivity index (χ1v) is 3.82. The Balaban J connectivity index is 3.86. The van der Waals surface area contributed by atoms with Gasteiger partial charge in [0.25, 0.3) is 0 Å². The summed E-state index contributed by atoms with van der Waals surface area (Å²) in [6.45, 7) is 5.07. The highest BCUT2D eigenvalue weighted by atomic mass is 15.3. The molecule has 3 heteroatoms. The zero-order valence-corrected chi connectivity index (χ0v) is 7.89. The minimum Gasteiger partial charge on any atom is -0.307 e. The van der Waals surface area contributed by atoms with Crippen molar-refractivity contribution in [2.45, 2.75) is 19.9 Å². The predicted molar refractivity (Wildman–Crippen MR) is 49.1 cm³/mol. The molecule has 11 heavy (non-hydrogen) atoms. The van der Waals surface area contributed by atoms with E-state index in [1.54, 1.807) is 0 Å². The Hall–Kier alpha value is -0.380. The number of rotatable bonds is 4. The van der Waals surface area contributed by atoms with Gasteiger partial charge in [0.1, 0.15) is 0 Å². The fourth-order valence-electron chi connectivity index (χ4n) is 0.949. The number of nitrogens with two attached hydrogens (primary N) is 1. The standard InChI is InChI=1S/C8H19N3/c1-7(2)5-8(10-9)6-11(3)4/h5,8,10H,6,9H2,1-4H3. The molecule has 0 aliphatic heterocycles. The van der Waals surface area contributed by atoms with Crippen molar-refractivity contribution in [2.24, 2.45) is 5.84 Å². The van der Waals surface area contributed by atoms with Crippen LogP contribution in [0, 0.1) is 0 Å². The van der Waals surface area contributed by atoms with Gasteiger partial charge in [0, 0.05) is 6.54 Å². The Morgan fingerprint density at radius 2 is 2.09 bits per heavy atom. The molecule has 0 aliphatic carbocycles. The van der Waals surface area contributed by atoms with E-state index < -0.39 is 0 Å². The molecule has 0 radical (unpaired) electrons. The number of allylic oxidation sites excluding steroid dienone is 1. The van der Waals surface area contributed by atoms with Crippen molar-refractivity contribution in [1.82, 2.24) is 10.3 Å². The van der Waals surface area contributed by atoms with E-state index in [9.17, 15) is 0 Å². The molecule has 0 aromatic rings. The molecule has 66 valence electrons. The van der Waals surface area contributed by atoms with E-state index in [4.69, 9.17) is 5.84 Å². The maximum atomic E-state index is 5.35. The Morgan fingerprint density at radius 3 is 2.36 bits per heavy atom. The molecule has 0 aliphatic rings. The summed E-state index contributed by atoms with van der Waals surface area (Å²) in [5.41, 5.74) is 4.03. The van der Waals surface area contributed by atoms with Crippen LogP contribution in [0.15, 0.2) is 11.6 Å². The molecule has 0 bridgehead atoms. The lowest BCUT2D eigenvalue weighted by Gasteiger charge is -2.17. The molecule has 0 saturated heterocycles. The normalized spacial score (nSPS) is 13.3. The van der Waals surface area contributed by atoms with Crippen LogP contribution < -0.4 is 11.3 Å². The number of likely N-dealkylation sites (N-methyl/N-ethyl adjacent to an activating group) is 1. The fraction of sp³-hybridized carbons (Fsp3) is 0.750. The molecule has 0 saturated carbocycles. The lowest BCUT2D eigenvalue weighted by molar-refractivity contribution is 0.368. The van der Waals surface area contributed by atoms with Crippen molar-refractivity contribution in [2.75, 3.05) is 20.6 Å². The van der Waals surface area contributed by atoms with E-state index in [1.165, 1.54) is 5.57 Å². The van der Waals surface area contributed by atoms with Crippen LogP contribution in [-0.4, -0.2) is 31.6 Å². The first kappa shape index (κ1) is 10.6. The first-order valence-electron chi connectivity index (χ1n) is 3.82. The van der Waals surface area contributed by atoms with Gasteiger partial charge in [0.05, 0.1) is 6.04 Å². The highest BCUT2D eigenvalue weighted by molar-refractivity contribution is 5.01. The van der Waals surface area contributed by atoms with Gasteiger partial charge in [-0.1, -0.05) is 11.6 Å². The third-order valence-corrected chi connectivity index (χ3v) is 1.31. The van der Waals surface area contributed by atoms with Crippen molar-refractivity contribution in [3.8, 4) is 0 Å². The highest BCUT2D eigenvalue weighted by Crippen LogP contribution is 1.94. The van der Waals surface area contributed by atoms with E-state index >= 15 is 0 Å². The smallest absolute Gasteiger partial charge is 0.0519 e. The number of hydrogen-bond acceptors (Lipinski definition) is 3. The van der Waals surface area contributed by atoms with E-state index in [2.05, 4.69) is 30.2 Å². The molecule has 0 aromatic carbocycles. The quantitative estimate of drug-likeness (QED) is 0.351. The molecule has 0 aromatic heterocycles. The van der Waals surface area contributed by atoms with Gasteiger partial charge in [0.2, 0.25) is 0 Å². The van der Waals surface area contributed by atoms with Gasteiger partial charge in [-0.3, -0.25) is 11.3 Å². The van der Waals surface area contributed by atoms with Gasteiger partial charge < -0.3 is 4.90 Å². The van der Waals surface area contributed by atoms with Crippen LogP contribution in [0.5, 0.6) is 0 Å². The van der Waals surface area contributed by atoms with E-state index in [-0.39, 0.29) is 6.04 Å². The summed E-state index contributed by atoms with van der Waals surface area (Å²) in [5, 5.41) is 0. The van der Waals surface area contributed by atoms with Crippen LogP contribution in [-0.2, 0) is 0 Å². The van der Waals surface area contributed by atoms with Crippen LogP contribution >= 0.6 is 0 Å². The van der Waals surface area contributed by atoms with Gasteiger partial charge in [-0.25, -0.2) is 0 Å².